The second-order valence-electron chi connectivity index (χ2n) is 4.65. The van der Waals surface area contributed by atoms with Crippen LogP contribution in [0, 0.1) is 5.92 Å². The fourth-order valence-electron chi connectivity index (χ4n) is 2.38. The van der Waals surface area contributed by atoms with E-state index in [0.717, 1.165) is 17.4 Å². The van der Waals surface area contributed by atoms with Crippen molar-refractivity contribution in [2.45, 2.75) is 12.8 Å². The van der Waals surface area contributed by atoms with Gasteiger partial charge in [-0.1, -0.05) is 15.9 Å². The lowest BCUT2D eigenvalue weighted by Gasteiger charge is -2.33. The highest BCUT2D eigenvalue weighted by Gasteiger charge is 2.27. The van der Waals surface area contributed by atoms with Gasteiger partial charge in [-0.25, -0.2) is 0 Å². The summed E-state index contributed by atoms with van der Waals surface area (Å²) in [5.41, 5.74) is 6.51. The van der Waals surface area contributed by atoms with Crippen LogP contribution >= 0.6 is 15.9 Å². The molecule has 0 saturated carbocycles. The normalized spacial score (nSPS) is 19.2. The van der Waals surface area contributed by atoms with E-state index in [9.17, 15) is 9.59 Å². The first-order chi connectivity index (χ1) is 8.99. The van der Waals surface area contributed by atoms with Crippen LogP contribution in [0.25, 0.3) is 0 Å². The average molecular weight is 327 g/mol. The number of hydrogen-bond acceptors (Lipinski definition) is 3. The number of carbonyl (C=O) groups is 2. The van der Waals surface area contributed by atoms with Crippen LogP contribution in [0.5, 0.6) is 0 Å². The molecule has 1 heterocycles. The van der Waals surface area contributed by atoms with E-state index in [2.05, 4.69) is 15.9 Å². The first kappa shape index (κ1) is 13.9. The second kappa shape index (κ2) is 5.61. The van der Waals surface area contributed by atoms with Gasteiger partial charge in [0.05, 0.1) is 11.5 Å². The van der Waals surface area contributed by atoms with E-state index in [1.807, 2.05) is 11.0 Å². The first-order valence-electron chi connectivity index (χ1n) is 6.06. The van der Waals surface area contributed by atoms with E-state index >= 15 is 0 Å². The molecule has 1 aliphatic rings. The predicted molar refractivity (Wildman–Crippen MR) is 75.2 cm³/mol. The summed E-state index contributed by atoms with van der Waals surface area (Å²) in [6, 6.07) is 5.29. The number of hydrogen-bond donors (Lipinski definition) is 2. The summed E-state index contributed by atoms with van der Waals surface area (Å²) in [5, 5.41) is 9.10. The molecule has 1 saturated heterocycles. The van der Waals surface area contributed by atoms with Crippen LogP contribution in [-0.4, -0.2) is 30.1 Å². The number of aliphatic carboxylic acids is 1. The second-order valence-corrected chi connectivity index (χ2v) is 5.56. The van der Waals surface area contributed by atoms with Crippen LogP contribution in [-0.2, 0) is 4.79 Å². The van der Waals surface area contributed by atoms with Crippen LogP contribution in [0.3, 0.4) is 0 Å². The fourth-order valence-corrected chi connectivity index (χ4v) is 2.74. The number of amides is 1. The molecule has 0 radical (unpaired) electrons. The third-order valence-electron chi connectivity index (χ3n) is 3.34. The number of primary amides is 1. The van der Waals surface area contributed by atoms with Gasteiger partial charge in [0, 0.05) is 23.2 Å². The molecule has 1 aromatic rings. The molecule has 19 heavy (non-hydrogen) atoms. The van der Waals surface area contributed by atoms with Gasteiger partial charge in [-0.15, -0.1) is 0 Å². The zero-order chi connectivity index (χ0) is 14.0. The number of carboxylic acids is 1. The van der Waals surface area contributed by atoms with Crippen molar-refractivity contribution >= 4 is 33.5 Å². The Hall–Kier alpha value is -1.56. The molecule has 1 aliphatic heterocycles. The summed E-state index contributed by atoms with van der Waals surface area (Å²) >= 11 is 3.30. The molecule has 1 atom stereocenters. The Morgan fingerprint density at radius 2 is 2.16 bits per heavy atom. The molecule has 1 unspecified atom stereocenters. The Morgan fingerprint density at radius 1 is 1.42 bits per heavy atom. The highest BCUT2D eigenvalue weighted by Crippen LogP contribution is 2.28. The number of benzene rings is 1. The SMILES string of the molecule is NC(=O)c1cc(Br)ccc1N1CCCC(C(=O)O)C1. The van der Waals surface area contributed by atoms with Crippen molar-refractivity contribution in [3.63, 3.8) is 0 Å². The monoisotopic (exact) mass is 326 g/mol. The lowest BCUT2D eigenvalue weighted by Crippen LogP contribution is -2.39. The molecule has 1 fully saturated rings. The van der Waals surface area contributed by atoms with Crippen LogP contribution in [0.4, 0.5) is 5.69 Å². The molecule has 0 spiro atoms. The fraction of sp³-hybridized carbons (Fsp3) is 0.385. The smallest absolute Gasteiger partial charge is 0.308 e. The van der Waals surface area contributed by atoms with E-state index in [1.165, 1.54) is 0 Å². The van der Waals surface area contributed by atoms with Gasteiger partial charge >= 0.3 is 5.97 Å². The van der Waals surface area contributed by atoms with Gasteiger partial charge in [0.15, 0.2) is 0 Å². The van der Waals surface area contributed by atoms with E-state index in [4.69, 9.17) is 10.8 Å². The summed E-state index contributed by atoms with van der Waals surface area (Å²) in [6.45, 7) is 1.16. The van der Waals surface area contributed by atoms with Gasteiger partial charge in [0.25, 0.3) is 5.91 Å². The number of carbonyl (C=O) groups excluding carboxylic acids is 1. The van der Waals surface area contributed by atoms with Gasteiger partial charge in [-0.3, -0.25) is 9.59 Å². The molecule has 1 amide bonds. The molecule has 0 aliphatic carbocycles. The third kappa shape index (κ3) is 3.07. The Balaban J connectivity index is 2.30. The molecular formula is C13H15BrN2O3. The van der Waals surface area contributed by atoms with Gasteiger partial charge in [0.2, 0.25) is 0 Å². The van der Waals surface area contributed by atoms with Crippen molar-refractivity contribution in [1.29, 1.82) is 0 Å². The molecule has 0 aromatic heterocycles. The minimum Gasteiger partial charge on any atom is -0.481 e. The van der Waals surface area contributed by atoms with Gasteiger partial charge in [0.1, 0.15) is 0 Å². The predicted octanol–water partition coefficient (Wildman–Crippen LogP) is 1.85. The van der Waals surface area contributed by atoms with Crippen LogP contribution in [0.2, 0.25) is 0 Å². The Labute approximate surface area is 119 Å². The van der Waals surface area contributed by atoms with Crippen molar-refractivity contribution in [2.75, 3.05) is 18.0 Å². The standard InChI is InChI=1S/C13H15BrN2O3/c14-9-3-4-11(10(6-9)12(15)17)16-5-1-2-8(7-16)13(18)19/h3-4,6,8H,1-2,5,7H2,(H2,15,17)(H,18,19). The number of nitrogens with two attached hydrogens (primary N) is 1. The van der Waals surface area contributed by atoms with Gasteiger partial charge < -0.3 is 15.7 Å². The van der Waals surface area contributed by atoms with Crippen molar-refractivity contribution in [2.24, 2.45) is 11.7 Å². The van der Waals surface area contributed by atoms with Crippen LogP contribution < -0.4 is 10.6 Å². The van der Waals surface area contributed by atoms with Crippen molar-refractivity contribution in [3.8, 4) is 0 Å². The molecule has 5 nitrogen and oxygen atoms in total. The van der Waals surface area contributed by atoms with E-state index < -0.39 is 17.8 Å². The van der Waals surface area contributed by atoms with E-state index in [0.29, 0.717) is 24.2 Å². The number of rotatable bonds is 3. The number of anilines is 1. The lowest BCUT2D eigenvalue weighted by atomic mass is 9.97. The van der Waals surface area contributed by atoms with Crippen molar-refractivity contribution in [1.82, 2.24) is 0 Å². The topological polar surface area (TPSA) is 83.6 Å². The van der Waals surface area contributed by atoms with Gasteiger partial charge in [-0.05, 0) is 31.0 Å². The molecule has 2 rings (SSSR count). The summed E-state index contributed by atoms with van der Waals surface area (Å²) in [6.07, 6.45) is 1.47. The summed E-state index contributed by atoms with van der Waals surface area (Å²) in [7, 11) is 0. The molecule has 102 valence electrons. The first-order valence-corrected chi connectivity index (χ1v) is 6.85. The zero-order valence-electron chi connectivity index (χ0n) is 10.3. The van der Waals surface area contributed by atoms with Crippen LogP contribution in [0.1, 0.15) is 23.2 Å². The number of piperidine rings is 1. The maximum absolute atomic E-state index is 11.5. The summed E-state index contributed by atoms with van der Waals surface area (Å²) in [4.78, 5) is 24.5. The number of carboxylic acid groups (broad SMARTS) is 1. The quantitative estimate of drug-likeness (QED) is 0.887. The minimum absolute atomic E-state index is 0.391. The Bertz CT molecular complexity index is 519. The lowest BCUT2D eigenvalue weighted by molar-refractivity contribution is -0.141. The van der Waals surface area contributed by atoms with Gasteiger partial charge in [-0.2, -0.15) is 0 Å². The highest BCUT2D eigenvalue weighted by atomic mass is 79.9. The number of halogens is 1. The molecule has 3 N–H and O–H groups in total. The van der Waals surface area contributed by atoms with Crippen molar-refractivity contribution in [3.05, 3.63) is 28.2 Å². The molecular weight excluding hydrogens is 312 g/mol. The Morgan fingerprint density at radius 3 is 2.79 bits per heavy atom. The Kier molecular flexibility index (Phi) is 4.09. The van der Waals surface area contributed by atoms with E-state index in [-0.39, 0.29) is 0 Å². The van der Waals surface area contributed by atoms with Crippen molar-refractivity contribution < 1.29 is 14.7 Å². The zero-order valence-corrected chi connectivity index (χ0v) is 11.9. The molecule has 1 aromatic carbocycles. The average Bonchev–Trinajstić information content (AvgIpc) is 2.38. The maximum Gasteiger partial charge on any atom is 0.308 e. The summed E-state index contributed by atoms with van der Waals surface area (Å²) in [5.74, 6) is -1.69. The van der Waals surface area contributed by atoms with E-state index in [1.54, 1.807) is 12.1 Å². The maximum atomic E-state index is 11.5. The largest absolute Gasteiger partial charge is 0.481 e. The molecule has 0 bridgehead atoms. The molecule has 6 heteroatoms. The highest BCUT2D eigenvalue weighted by molar-refractivity contribution is 9.10. The van der Waals surface area contributed by atoms with Crippen LogP contribution in [0.15, 0.2) is 22.7 Å². The summed E-state index contributed by atoms with van der Waals surface area (Å²) < 4.78 is 0.775. The minimum atomic E-state index is -0.789. The third-order valence-corrected chi connectivity index (χ3v) is 3.83. The number of nitrogens with zero attached hydrogens (tertiary/aromatic N) is 1.